The number of fused-ring (bicyclic) bond motifs is 1. The van der Waals surface area contributed by atoms with Crippen LogP contribution in [-0.2, 0) is 17.5 Å². The smallest absolute Gasteiger partial charge is 0.416 e. The molecule has 0 spiro atoms. The van der Waals surface area contributed by atoms with E-state index in [2.05, 4.69) is 5.16 Å². The van der Waals surface area contributed by atoms with Crippen molar-refractivity contribution < 1.29 is 27.2 Å². The fourth-order valence-electron chi connectivity index (χ4n) is 2.40. The zero-order valence-corrected chi connectivity index (χ0v) is 12.3. The van der Waals surface area contributed by atoms with Crippen LogP contribution in [-0.4, -0.2) is 17.2 Å². The Labute approximate surface area is 129 Å². The zero-order valence-electron chi connectivity index (χ0n) is 12.3. The third-order valence-electron chi connectivity index (χ3n) is 3.49. The molecule has 0 saturated carbocycles. The van der Waals surface area contributed by atoms with Crippen LogP contribution in [0.5, 0.6) is 5.75 Å². The van der Waals surface area contributed by atoms with Gasteiger partial charge < -0.3 is 9.26 Å². The van der Waals surface area contributed by atoms with Crippen molar-refractivity contribution in [3.05, 3.63) is 41.3 Å². The normalized spacial score (nSPS) is 17.9. The number of halogens is 3. The standard InChI is InChI=1S/C15H13F3N2O3/c1-8-5-11(19-23-8)7-20-12-6-10(15(16,17)18)3-4-13(12)22-9(2)14(20)21/h3-6,9H,7H2,1-2H3. The Hall–Kier alpha value is -2.51. The summed E-state index contributed by atoms with van der Waals surface area (Å²) in [5.41, 5.74) is -0.319. The predicted molar refractivity (Wildman–Crippen MR) is 74.0 cm³/mol. The second kappa shape index (κ2) is 5.29. The molecule has 2 aromatic rings. The highest BCUT2D eigenvalue weighted by Gasteiger charge is 2.36. The second-order valence-electron chi connectivity index (χ2n) is 5.29. The van der Waals surface area contributed by atoms with Crippen LogP contribution in [0.15, 0.2) is 28.8 Å². The SMILES string of the molecule is Cc1cc(CN2C(=O)C(C)Oc3ccc(C(F)(F)F)cc32)no1. The molecule has 0 radical (unpaired) electrons. The van der Waals surface area contributed by atoms with E-state index in [-0.39, 0.29) is 18.0 Å². The van der Waals surface area contributed by atoms with Crippen LogP contribution < -0.4 is 9.64 Å². The van der Waals surface area contributed by atoms with Crippen LogP contribution in [0.4, 0.5) is 18.9 Å². The Bertz CT molecular complexity index is 755. The average molecular weight is 326 g/mol. The van der Waals surface area contributed by atoms with Crippen molar-refractivity contribution in [2.45, 2.75) is 32.7 Å². The number of hydrogen-bond acceptors (Lipinski definition) is 4. The van der Waals surface area contributed by atoms with E-state index in [1.54, 1.807) is 19.9 Å². The van der Waals surface area contributed by atoms with Crippen molar-refractivity contribution in [3.8, 4) is 5.75 Å². The van der Waals surface area contributed by atoms with Crippen molar-refractivity contribution in [2.24, 2.45) is 0 Å². The van der Waals surface area contributed by atoms with Crippen molar-refractivity contribution in [3.63, 3.8) is 0 Å². The Morgan fingerprint density at radius 3 is 2.65 bits per heavy atom. The van der Waals surface area contributed by atoms with Gasteiger partial charge in [0, 0.05) is 6.07 Å². The molecule has 23 heavy (non-hydrogen) atoms. The Morgan fingerprint density at radius 1 is 1.30 bits per heavy atom. The summed E-state index contributed by atoms with van der Waals surface area (Å²) in [6.45, 7) is 3.25. The molecule has 1 aromatic heterocycles. The van der Waals surface area contributed by atoms with E-state index in [0.29, 0.717) is 11.5 Å². The Kier molecular flexibility index (Phi) is 3.54. The summed E-state index contributed by atoms with van der Waals surface area (Å²) in [4.78, 5) is 13.6. The molecule has 0 aliphatic carbocycles. The Balaban J connectivity index is 2.03. The first kappa shape index (κ1) is 15.4. The average Bonchev–Trinajstić information content (AvgIpc) is 2.88. The topological polar surface area (TPSA) is 55.6 Å². The summed E-state index contributed by atoms with van der Waals surface area (Å²) in [5.74, 6) is 0.348. The Morgan fingerprint density at radius 2 is 2.04 bits per heavy atom. The molecule has 1 aromatic carbocycles. The lowest BCUT2D eigenvalue weighted by molar-refractivity contribution is -0.137. The van der Waals surface area contributed by atoms with Crippen LogP contribution in [0.1, 0.15) is 23.9 Å². The molecule has 1 atom stereocenters. The van der Waals surface area contributed by atoms with Gasteiger partial charge in [0.05, 0.1) is 17.8 Å². The van der Waals surface area contributed by atoms with Crippen molar-refractivity contribution in [1.29, 1.82) is 0 Å². The van der Waals surface area contributed by atoms with Crippen molar-refractivity contribution >= 4 is 11.6 Å². The first-order chi connectivity index (χ1) is 10.8. The van der Waals surface area contributed by atoms with Crippen molar-refractivity contribution in [2.75, 3.05) is 4.90 Å². The summed E-state index contributed by atoms with van der Waals surface area (Å²) < 4.78 is 49.1. The molecule has 0 bridgehead atoms. The maximum absolute atomic E-state index is 12.9. The number of nitrogens with zero attached hydrogens (tertiary/aromatic N) is 2. The second-order valence-corrected chi connectivity index (χ2v) is 5.29. The van der Waals surface area contributed by atoms with Crippen LogP contribution >= 0.6 is 0 Å². The maximum Gasteiger partial charge on any atom is 0.416 e. The van der Waals surface area contributed by atoms with Gasteiger partial charge in [-0.15, -0.1) is 0 Å². The highest BCUT2D eigenvalue weighted by Crippen LogP contribution is 2.40. The van der Waals surface area contributed by atoms with Gasteiger partial charge in [0.15, 0.2) is 6.10 Å². The van der Waals surface area contributed by atoms with Crippen LogP contribution in [0.25, 0.3) is 0 Å². The number of carbonyl (C=O) groups is 1. The number of benzene rings is 1. The van der Waals surface area contributed by atoms with Gasteiger partial charge in [-0.1, -0.05) is 5.16 Å². The number of ether oxygens (including phenoxy) is 1. The van der Waals surface area contributed by atoms with E-state index >= 15 is 0 Å². The van der Waals surface area contributed by atoms with Gasteiger partial charge in [0.1, 0.15) is 17.2 Å². The van der Waals surface area contributed by atoms with Gasteiger partial charge in [-0.3, -0.25) is 9.69 Å². The van der Waals surface area contributed by atoms with Crippen LogP contribution in [0.3, 0.4) is 0 Å². The predicted octanol–water partition coefficient (Wildman–Crippen LogP) is 3.32. The van der Waals surface area contributed by atoms with E-state index < -0.39 is 23.8 Å². The van der Waals surface area contributed by atoms with Gasteiger partial charge in [-0.2, -0.15) is 13.2 Å². The number of aryl methyl sites for hydroxylation is 1. The molecule has 0 saturated heterocycles. The fourth-order valence-corrected chi connectivity index (χ4v) is 2.40. The third kappa shape index (κ3) is 2.88. The molecule has 1 aliphatic rings. The highest BCUT2D eigenvalue weighted by molar-refractivity contribution is 5.99. The quantitative estimate of drug-likeness (QED) is 0.849. The first-order valence-corrected chi connectivity index (χ1v) is 6.87. The molecule has 0 fully saturated rings. The molecule has 122 valence electrons. The minimum absolute atomic E-state index is 0.0121. The number of anilines is 1. The lowest BCUT2D eigenvalue weighted by Crippen LogP contribution is -2.44. The molecule has 1 unspecified atom stereocenters. The molecular weight excluding hydrogens is 313 g/mol. The number of rotatable bonds is 2. The van der Waals surface area contributed by atoms with Gasteiger partial charge in [-0.25, -0.2) is 0 Å². The zero-order chi connectivity index (χ0) is 16.8. The molecule has 1 aliphatic heterocycles. The van der Waals surface area contributed by atoms with E-state index in [4.69, 9.17) is 9.26 Å². The fraction of sp³-hybridized carbons (Fsp3) is 0.333. The summed E-state index contributed by atoms with van der Waals surface area (Å²) in [6, 6.07) is 4.69. The number of carbonyl (C=O) groups excluding carboxylic acids is 1. The highest BCUT2D eigenvalue weighted by atomic mass is 19.4. The van der Waals surface area contributed by atoms with E-state index in [0.717, 1.165) is 12.1 Å². The molecule has 2 heterocycles. The van der Waals surface area contributed by atoms with E-state index in [1.165, 1.54) is 11.0 Å². The van der Waals surface area contributed by atoms with Gasteiger partial charge >= 0.3 is 6.18 Å². The van der Waals surface area contributed by atoms with Gasteiger partial charge in [-0.05, 0) is 32.0 Å². The minimum Gasteiger partial charge on any atom is -0.479 e. The number of alkyl halides is 3. The molecule has 8 heteroatoms. The monoisotopic (exact) mass is 326 g/mol. The van der Waals surface area contributed by atoms with Crippen LogP contribution in [0, 0.1) is 6.92 Å². The number of hydrogen-bond donors (Lipinski definition) is 0. The number of aromatic nitrogens is 1. The lowest BCUT2D eigenvalue weighted by Gasteiger charge is -2.33. The number of amides is 1. The van der Waals surface area contributed by atoms with E-state index in [1.807, 2.05) is 0 Å². The molecule has 3 rings (SSSR count). The summed E-state index contributed by atoms with van der Waals surface area (Å²) >= 11 is 0. The summed E-state index contributed by atoms with van der Waals surface area (Å²) in [6.07, 6.45) is -5.29. The molecule has 1 amide bonds. The molecule has 0 N–H and O–H groups in total. The summed E-state index contributed by atoms with van der Waals surface area (Å²) in [5, 5.41) is 3.78. The maximum atomic E-state index is 12.9. The lowest BCUT2D eigenvalue weighted by atomic mass is 10.1. The van der Waals surface area contributed by atoms with Crippen LogP contribution in [0.2, 0.25) is 0 Å². The third-order valence-corrected chi connectivity index (χ3v) is 3.49. The minimum atomic E-state index is -4.50. The summed E-state index contributed by atoms with van der Waals surface area (Å²) in [7, 11) is 0. The molecular formula is C15H13F3N2O3. The molecule has 5 nitrogen and oxygen atoms in total. The van der Waals surface area contributed by atoms with Gasteiger partial charge in [0.2, 0.25) is 0 Å². The van der Waals surface area contributed by atoms with Gasteiger partial charge in [0.25, 0.3) is 5.91 Å². The van der Waals surface area contributed by atoms with E-state index in [9.17, 15) is 18.0 Å². The largest absolute Gasteiger partial charge is 0.479 e. The first-order valence-electron chi connectivity index (χ1n) is 6.87. The van der Waals surface area contributed by atoms with Crippen molar-refractivity contribution in [1.82, 2.24) is 5.16 Å².